The lowest BCUT2D eigenvalue weighted by molar-refractivity contribution is 0.297. The molecule has 0 aromatic carbocycles. The van der Waals surface area contributed by atoms with E-state index in [1.54, 1.807) is 0 Å². The highest BCUT2D eigenvalue weighted by Crippen LogP contribution is 2.20. The Labute approximate surface area is 82.0 Å². The second-order valence-corrected chi connectivity index (χ2v) is 3.23. The fraction of sp³-hybridized carbons (Fsp3) is 0.300. The van der Waals surface area contributed by atoms with Gasteiger partial charge >= 0.3 is 0 Å². The zero-order valence-electron chi connectivity index (χ0n) is 8.04. The lowest BCUT2D eigenvalue weighted by atomic mass is 10.2. The van der Waals surface area contributed by atoms with Gasteiger partial charge in [-0.15, -0.1) is 0 Å². The third-order valence-corrected chi connectivity index (χ3v) is 2.15. The largest absolute Gasteiger partial charge is 0.396 e. The first-order valence-corrected chi connectivity index (χ1v) is 4.61. The fourth-order valence-electron chi connectivity index (χ4n) is 1.50. The maximum absolute atomic E-state index is 8.78. The smallest absolute Gasteiger partial charge is 0.109 e. The van der Waals surface area contributed by atoms with Gasteiger partial charge in [0.2, 0.25) is 0 Å². The van der Waals surface area contributed by atoms with Gasteiger partial charge < -0.3 is 15.1 Å². The molecule has 2 aromatic heterocycles. The fourth-order valence-corrected chi connectivity index (χ4v) is 1.50. The van der Waals surface area contributed by atoms with Gasteiger partial charge in [-0.25, -0.2) is 4.98 Å². The number of hydrogen-bond acceptors (Lipinski definition) is 2. The number of aryl methyl sites for hydroxylation is 1. The van der Waals surface area contributed by atoms with E-state index < -0.39 is 0 Å². The van der Waals surface area contributed by atoms with Crippen LogP contribution >= 0.6 is 0 Å². The average molecular weight is 191 g/mol. The van der Waals surface area contributed by atoms with Crippen molar-refractivity contribution >= 4 is 0 Å². The molecule has 0 aliphatic rings. The van der Waals surface area contributed by atoms with Crippen LogP contribution in [0.15, 0.2) is 18.5 Å². The van der Waals surface area contributed by atoms with Crippen molar-refractivity contribution in [2.45, 2.75) is 13.3 Å². The van der Waals surface area contributed by atoms with Crippen LogP contribution in [0.3, 0.4) is 0 Å². The molecule has 14 heavy (non-hydrogen) atoms. The van der Waals surface area contributed by atoms with Crippen molar-refractivity contribution in [3.8, 4) is 11.3 Å². The van der Waals surface area contributed by atoms with Crippen LogP contribution in [-0.4, -0.2) is 26.7 Å². The van der Waals surface area contributed by atoms with Crippen molar-refractivity contribution in [1.29, 1.82) is 0 Å². The number of nitrogens with one attached hydrogen (secondary N) is 2. The van der Waals surface area contributed by atoms with Crippen LogP contribution in [0.4, 0.5) is 0 Å². The first kappa shape index (κ1) is 9.02. The second kappa shape index (κ2) is 3.67. The Morgan fingerprint density at radius 1 is 1.50 bits per heavy atom. The minimum absolute atomic E-state index is 0.125. The Bertz CT molecular complexity index is 403. The van der Waals surface area contributed by atoms with E-state index in [2.05, 4.69) is 15.0 Å². The van der Waals surface area contributed by atoms with Gasteiger partial charge in [-0.05, 0) is 13.0 Å². The number of H-pyrrole nitrogens is 2. The van der Waals surface area contributed by atoms with Gasteiger partial charge in [0.25, 0.3) is 0 Å². The molecular formula is C10H13N3O. The average Bonchev–Trinajstić information content (AvgIpc) is 2.74. The molecule has 4 nitrogen and oxygen atoms in total. The Morgan fingerprint density at radius 2 is 2.36 bits per heavy atom. The molecule has 2 heterocycles. The van der Waals surface area contributed by atoms with Crippen LogP contribution in [-0.2, 0) is 6.42 Å². The van der Waals surface area contributed by atoms with E-state index >= 15 is 0 Å². The van der Waals surface area contributed by atoms with Crippen LogP contribution in [0.2, 0.25) is 0 Å². The summed E-state index contributed by atoms with van der Waals surface area (Å²) < 4.78 is 0. The molecule has 0 spiro atoms. The highest BCUT2D eigenvalue weighted by molar-refractivity contribution is 5.60. The minimum Gasteiger partial charge on any atom is -0.396 e. The standard InChI is InChI=1S/C10H13N3O/c1-7-10(8-2-4-11-6-8)13-9(12-7)3-5-14/h2,4,6,11,14H,3,5H2,1H3,(H,12,13). The summed E-state index contributed by atoms with van der Waals surface area (Å²) in [5, 5.41) is 8.78. The summed E-state index contributed by atoms with van der Waals surface area (Å²) in [7, 11) is 0. The Kier molecular flexibility index (Phi) is 2.37. The molecule has 0 saturated heterocycles. The van der Waals surface area contributed by atoms with Crippen molar-refractivity contribution in [2.24, 2.45) is 0 Å². The number of aliphatic hydroxyl groups is 1. The van der Waals surface area contributed by atoms with Crippen molar-refractivity contribution in [3.05, 3.63) is 30.0 Å². The third kappa shape index (κ3) is 1.56. The quantitative estimate of drug-likeness (QED) is 0.683. The van der Waals surface area contributed by atoms with Gasteiger partial charge in [-0.3, -0.25) is 0 Å². The lowest BCUT2D eigenvalue weighted by Crippen LogP contribution is -1.92. The van der Waals surface area contributed by atoms with E-state index in [9.17, 15) is 0 Å². The van der Waals surface area contributed by atoms with E-state index in [-0.39, 0.29) is 6.61 Å². The van der Waals surface area contributed by atoms with Gasteiger partial charge in [0, 0.05) is 30.1 Å². The topological polar surface area (TPSA) is 64.7 Å². The zero-order valence-corrected chi connectivity index (χ0v) is 8.04. The molecule has 74 valence electrons. The Hall–Kier alpha value is -1.55. The molecule has 0 aliphatic heterocycles. The van der Waals surface area contributed by atoms with E-state index in [1.165, 1.54) is 0 Å². The molecule has 0 radical (unpaired) electrons. The molecular weight excluding hydrogens is 178 g/mol. The summed E-state index contributed by atoms with van der Waals surface area (Å²) in [6.07, 6.45) is 4.35. The maximum atomic E-state index is 8.78. The number of aromatic nitrogens is 3. The molecule has 0 amide bonds. The molecule has 3 N–H and O–H groups in total. The van der Waals surface area contributed by atoms with Gasteiger partial charge in [-0.2, -0.15) is 0 Å². The summed E-state index contributed by atoms with van der Waals surface area (Å²) in [5.74, 6) is 0.834. The number of nitrogens with zero attached hydrogens (tertiary/aromatic N) is 1. The highest BCUT2D eigenvalue weighted by Gasteiger charge is 2.08. The minimum atomic E-state index is 0.125. The molecule has 0 bridgehead atoms. The number of aliphatic hydroxyl groups excluding tert-OH is 1. The van der Waals surface area contributed by atoms with E-state index in [1.807, 2.05) is 25.4 Å². The summed E-state index contributed by atoms with van der Waals surface area (Å²) in [5.41, 5.74) is 3.06. The number of hydrogen-bond donors (Lipinski definition) is 3. The Balaban J connectivity index is 2.35. The SMILES string of the molecule is Cc1[nH]c(CCO)nc1-c1cc[nH]c1. The number of imidazole rings is 1. The second-order valence-electron chi connectivity index (χ2n) is 3.23. The van der Waals surface area contributed by atoms with Crippen molar-refractivity contribution in [1.82, 2.24) is 15.0 Å². The van der Waals surface area contributed by atoms with E-state index in [0.717, 1.165) is 22.8 Å². The van der Waals surface area contributed by atoms with Gasteiger partial charge in [0.1, 0.15) is 5.82 Å². The lowest BCUT2D eigenvalue weighted by Gasteiger charge is -1.90. The summed E-state index contributed by atoms with van der Waals surface area (Å²) in [4.78, 5) is 10.5. The normalized spacial score (nSPS) is 10.7. The third-order valence-electron chi connectivity index (χ3n) is 2.15. The van der Waals surface area contributed by atoms with Gasteiger partial charge in [0.15, 0.2) is 0 Å². The first-order valence-electron chi connectivity index (χ1n) is 4.61. The monoisotopic (exact) mass is 191 g/mol. The predicted molar refractivity (Wildman–Crippen MR) is 53.9 cm³/mol. The zero-order chi connectivity index (χ0) is 9.97. The van der Waals surface area contributed by atoms with Crippen molar-refractivity contribution < 1.29 is 5.11 Å². The predicted octanol–water partition coefficient (Wildman–Crippen LogP) is 1.25. The molecule has 0 aliphatic carbocycles. The van der Waals surface area contributed by atoms with Crippen LogP contribution < -0.4 is 0 Å². The molecule has 2 rings (SSSR count). The van der Waals surface area contributed by atoms with Crippen molar-refractivity contribution in [2.75, 3.05) is 6.61 Å². The van der Waals surface area contributed by atoms with E-state index in [0.29, 0.717) is 6.42 Å². The number of rotatable bonds is 3. The first-order chi connectivity index (χ1) is 6.81. The number of aromatic amines is 2. The maximum Gasteiger partial charge on any atom is 0.109 e. The highest BCUT2D eigenvalue weighted by atomic mass is 16.3. The van der Waals surface area contributed by atoms with Gasteiger partial charge in [-0.1, -0.05) is 0 Å². The van der Waals surface area contributed by atoms with Crippen LogP contribution in [0.1, 0.15) is 11.5 Å². The molecule has 0 atom stereocenters. The Morgan fingerprint density at radius 3 is 3.00 bits per heavy atom. The molecule has 0 saturated carbocycles. The van der Waals surface area contributed by atoms with E-state index in [4.69, 9.17) is 5.11 Å². The molecule has 0 fully saturated rings. The summed E-state index contributed by atoms with van der Waals surface area (Å²) in [6, 6.07) is 1.98. The summed E-state index contributed by atoms with van der Waals surface area (Å²) in [6.45, 7) is 2.11. The summed E-state index contributed by atoms with van der Waals surface area (Å²) >= 11 is 0. The van der Waals surface area contributed by atoms with Crippen LogP contribution in [0.25, 0.3) is 11.3 Å². The molecule has 0 unspecified atom stereocenters. The van der Waals surface area contributed by atoms with Crippen LogP contribution in [0, 0.1) is 6.92 Å². The van der Waals surface area contributed by atoms with Crippen LogP contribution in [0.5, 0.6) is 0 Å². The molecule has 2 aromatic rings. The van der Waals surface area contributed by atoms with Crippen molar-refractivity contribution in [3.63, 3.8) is 0 Å². The van der Waals surface area contributed by atoms with Gasteiger partial charge in [0.05, 0.1) is 12.3 Å². The molecule has 4 heteroatoms.